The van der Waals surface area contributed by atoms with Crippen LogP contribution in [0.1, 0.15) is 22.4 Å². The minimum Gasteiger partial charge on any atom is -0.261 e. The summed E-state index contributed by atoms with van der Waals surface area (Å²) in [6, 6.07) is 12.9. The van der Waals surface area contributed by atoms with Crippen molar-refractivity contribution < 1.29 is 0 Å². The SMILES string of the molecule is Cc1ccc(CCc2cccc(C)c2)nc1. The largest absolute Gasteiger partial charge is 0.261 e. The quantitative estimate of drug-likeness (QED) is 0.757. The second-order valence-electron chi connectivity index (χ2n) is 4.32. The van der Waals surface area contributed by atoms with Crippen molar-refractivity contribution in [3.05, 3.63) is 65.0 Å². The van der Waals surface area contributed by atoms with E-state index in [1.807, 2.05) is 6.20 Å². The van der Waals surface area contributed by atoms with Gasteiger partial charge in [-0.15, -0.1) is 0 Å². The van der Waals surface area contributed by atoms with Crippen LogP contribution in [0, 0.1) is 13.8 Å². The van der Waals surface area contributed by atoms with Gasteiger partial charge in [0.2, 0.25) is 0 Å². The Morgan fingerprint density at radius 2 is 1.81 bits per heavy atom. The van der Waals surface area contributed by atoms with Gasteiger partial charge in [-0.25, -0.2) is 0 Å². The van der Waals surface area contributed by atoms with Crippen LogP contribution in [0.2, 0.25) is 0 Å². The van der Waals surface area contributed by atoms with Gasteiger partial charge < -0.3 is 0 Å². The van der Waals surface area contributed by atoms with Crippen LogP contribution < -0.4 is 0 Å². The van der Waals surface area contributed by atoms with Gasteiger partial charge >= 0.3 is 0 Å². The van der Waals surface area contributed by atoms with E-state index in [0.717, 1.165) is 12.8 Å². The smallest absolute Gasteiger partial charge is 0.0407 e. The highest BCUT2D eigenvalue weighted by Gasteiger charge is 1.97. The summed E-state index contributed by atoms with van der Waals surface area (Å²) in [7, 11) is 0. The van der Waals surface area contributed by atoms with Crippen molar-refractivity contribution in [2.24, 2.45) is 0 Å². The van der Waals surface area contributed by atoms with Gasteiger partial charge in [0.15, 0.2) is 0 Å². The maximum atomic E-state index is 4.42. The van der Waals surface area contributed by atoms with Crippen LogP contribution in [0.25, 0.3) is 0 Å². The first-order chi connectivity index (χ1) is 7.74. The van der Waals surface area contributed by atoms with Gasteiger partial charge in [-0.1, -0.05) is 35.9 Å². The maximum absolute atomic E-state index is 4.42. The first-order valence-electron chi connectivity index (χ1n) is 5.71. The molecular weight excluding hydrogens is 194 g/mol. The molecule has 16 heavy (non-hydrogen) atoms. The molecule has 0 amide bonds. The molecule has 0 aliphatic carbocycles. The molecule has 2 rings (SSSR count). The molecule has 82 valence electrons. The zero-order valence-electron chi connectivity index (χ0n) is 9.90. The van der Waals surface area contributed by atoms with Gasteiger partial charge in [0, 0.05) is 11.9 Å². The molecule has 0 saturated heterocycles. The van der Waals surface area contributed by atoms with Crippen LogP contribution in [0.15, 0.2) is 42.6 Å². The molecule has 1 aromatic heterocycles. The van der Waals surface area contributed by atoms with Crippen LogP contribution >= 0.6 is 0 Å². The number of pyridine rings is 1. The van der Waals surface area contributed by atoms with E-state index >= 15 is 0 Å². The lowest BCUT2D eigenvalue weighted by Crippen LogP contribution is -1.94. The Labute approximate surface area is 97.2 Å². The average Bonchev–Trinajstić information content (AvgIpc) is 2.28. The fourth-order valence-corrected chi connectivity index (χ4v) is 1.79. The van der Waals surface area contributed by atoms with Crippen LogP contribution in [0.3, 0.4) is 0 Å². The van der Waals surface area contributed by atoms with E-state index in [9.17, 15) is 0 Å². The molecule has 0 atom stereocenters. The summed E-state index contributed by atoms with van der Waals surface area (Å²) in [5.41, 5.74) is 5.11. The number of nitrogens with zero attached hydrogens (tertiary/aromatic N) is 1. The molecule has 0 radical (unpaired) electrons. The van der Waals surface area contributed by atoms with Gasteiger partial charge in [-0.2, -0.15) is 0 Å². The minimum atomic E-state index is 1.02. The number of aromatic nitrogens is 1. The molecule has 0 aliphatic rings. The molecule has 0 bridgehead atoms. The van der Waals surface area contributed by atoms with Crippen LogP contribution in [0.4, 0.5) is 0 Å². The Morgan fingerprint density at radius 3 is 2.50 bits per heavy atom. The van der Waals surface area contributed by atoms with Crippen molar-refractivity contribution in [3.63, 3.8) is 0 Å². The van der Waals surface area contributed by atoms with E-state index in [1.54, 1.807) is 0 Å². The lowest BCUT2D eigenvalue weighted by atomic mass is 10.1. The third-order valence-corrected chi connectivity index (χ3v) is 2.72. The number of hydrogen-bond acceptors (Lipinski definition) is 1. The Morgan fingerprint density at radius 1 is 0.938 bits per heavy atom. The van der Waals surface area contributed by atoms with Crippen molar-refractivity contribution in [1.82, 2.24) is 4.98 Å². The topological polar surface area (TPSA) is 12.9 Å². The van der Waals surface area contributed by atoms with Crippen LogP contribution in [0.5, 0.6) is 0 Å². The first-order valence-corrected chi connectivity index (χ1v) is 5.71. The summed E-state index contributed by atoms with van der Waals surface area (Å²) in [4.78, 5) is 4.42. The summed E-state index contributed by atoms with van der Waals surface area (Å²) in [5, 5.41) is 0. The fourth-order valence-electron chi connectivity index (χ4n) is 1.79. The second kappa shape index (κ2) is 4.93. The van der Waals surface area contributed by atoms with E-state index in [0.29, 0.717) is 0 Å². The Bertz CT molecular complexity index is 457. The third kappa shape index (κ3) is 2.93. The fraction of sp³-hybridized carbons (Fsp3) is 0.267. The molecule has 2 aromatic rings. The van der Waals surface area contributed by atoms with Crippen molar-refractivity contribution >= 4 is 0 Å². The monoisotopic (exact) mass is 211 g/mol. The standard InChI is InChI=1S/C15H17N/c1-12-4-3-5-14(10-12)7-9-15-8-6-13(2)11-16-15/h3-6,8,10-11H,7,9H2,1-2H3. The molecule has 0 saturated carbocycles. The molecule has 0 unspecified atom stereocenters. The number of rotatable bonds is 3. The highest BCUT2D eigenvalue weighted by Crippen LogP contribution is 2.08. The molecule has 1 nitrogen and oxygen atoms in total. The maximum Gasteiger partial charge on any atom is 0.0407 e. The predicted molar refractivity (Wildman–Crippen MR) is 67.6 cm³/mol. The lowest BCUT2D eigenvalue weighted by Gasteiger charge is -2.03. The van der Waals surface area contributed by atoms with Crippen molar-refractivity contribution in [3.8, 4) is 0 Å². The normalized spacial score (nSPS) is 10.4. The third-order valence-electron chi connectivity index (χ3n) is 2.72. The van der Waals surface area contributed by atoms with E-state index in [1.165, 1.54) is 22.4 Å². The van der Waals surface area contributed by atoms with E-state index in [-0.39, 0.29) is 0 Å². The molecule has 0 spiro atoms. The number of benzene rings is 1. The molecule has 0 aliphatic heterocycles. The van der Waals surface area contributed by atoms with Crippen LogP contribution in [-0.2, 0) is 12.8 Å². The molecule has 1 aromatic carbocycles. The zero-order chi connectivity index (χ0) is 11.4. The lowest BCUT2D eigenvalue weighted by molar-refractivity contribution is 0.909. The number of hydrogen-bond donors (Lipinski definition) is 0. The van der Waals surface area contributed by atoms with Crippen molar-refractivity contribution in [1.29, 1.82) is 0 Å². The summed E-state index contributed by atoms with van der Waals surface area (Å²) >= 11 is 0. The van der Waals surface area contributed by atoms with Crippen molar-refractivity contribution in [2.45, 2.75) is 26.7 Å². The van der Waals surface area contributed by atoms with Gasteiger partial charge in [0.1, 0.15) is 0 Å². The Hall–Kier alpha value is -1.63. The summed E-state index contributed by atoms with van der Waals surface area (Å²) in [6.07, 6.45) is 4.02. The first kappa shape index (κ1) is 10.9. The molecular formula is C15H17N. The van der Waals surface area contributed by atoms with E-state index in [4.69, 9.17) is 0 Å². The zero-order valence-corrected chi connectivity index (χ0v) is 9.90. The van der Waals surface area contributed by atoms with Gasteiger partial charge in [-0.05, 0) is 43.9 Å². The van der Waals surface area contributed by atoms with Gasteiger partial charge in [0.25, 0.3) is 0 Å². The second-order valence-corrected chi connectivity index (χ2v) is 4.32. The van der Waals surface area contributed by atoms with Gasteiger partial charge in [-0.3, -0.25) is 4.98 Å². The summed E-state index contributed by atoms with van der Waals surface area (Å²) in [5.74, 6) is 0. The molecule has 1 heterocycles. The summed E-state index contributed by atoms with van der Waals surface area (Å²) < 4.78 is 0. The Balaban J connectivity index is 1.99. The number of aryl methyl sites for hydroxylation is 4. The van der Waals surface area contributed by atoms with Crippen molar-refractivity contribution in [2.75, 3.05) is 0 Å². The highest BCUT2D eigenvalue weighted by molar-refractivity contribution is 5.23. The highest BCUT2D eigenvalue weighted by atomic mass is 14.7. The average molecular weight is 211 g/mol. The van der Waals surface area contributed by atoms with E-state index < -0.39 is 0 Å². The minimum absolute atomic E-state index is 1.02. The Kier molecular flexibility index (Phi) is 3.35. The summed E-state index contributed by atoms with van der Waals surface area (Å²) in [6.45, 7) is 4.20. The predicted octanol–water partition coefficient (Wildman–Crippen LogP) is 3.48. The van der Waals surface area contributed by atoms with Crippen LogP contribution in [-0.4, -0.2) is 4.98 Å². The molecule has 0 fully saturated rings. The van der Waals surface area contributed by atoms with E-state index in [2.05, 4.69) is 55.2 Å². The van der Waals surface area contributed by atoms with Gasteiger partial charge in [0.05, 0.1) is 0 Å². The molecule has 0 N–H and O–H groups in total. The molecule has 1 heteroatoms.